The molecule has 0 bridgehead atoms. The van der Waals surface area contributed by atoms with Gasteiger partial charge in [-0.2, -0.15) is 0 Å². The summed E-state index contributed by atoms with van der Waals surface area (Å²) in [6.07, 6.45) is 4.73. The second kappa shape index (κ2) is 6.69. The van der Waals surface area contributed by atoms with E-state index in [0.29, 0.717) is 13.0 Å². The summed E-state index contributed by atoms with van der Waals surface area (Å²) in [4.78, 5) is 26.4. The largest absolute Gasteiger partial charge is 0.459 e. The number of amides is 1. The third-order valence-corrected chi connectivity index (χ3v) is 6.42. The Bertz CT molecular complexity index is 732. The zero-order valence-corrected chi connectivity index (χ0v) is 16.6. The van der Waals surface area contributed by atoms with Gasteiger partial charge in [0.05, 0.1) is 0 Å². The molecule has 0 saturated carbocycles. The minimum absolute atomic E-state index is 0.0758. The molecule has 5 nitrogen and oxygen atoms in total. The van der Waals surface area contributed by atoms with Crippen molar-refractivity contribution >= 4 is 11.9 Å². The molecular weight excluding hydrogens is 330 g/mol. The van der Waals surface area contributed by atoms with Crippen molar-refractivity contribution in [3.63, 3.8) is 0 Å². The molecule has 4 atom stereocenters. The van der Waals surface area contributed by atoms with Crippen LogP contribution in [-0.4, -0.2) is 42.6 Å². The van der Waals surface area contributed by atoms with Crippen molar-refractivity contribution in [3.8, 4) is 0 Å². The van der Waals surface area contributed by atoms with Crippen molar-refractivity contribution in [1.82, 2.24) is 4.90 Å². The van der Waals surface area contributed by atoms with Gasteiger partial charge in [0.15, 0.2) is 0 Å². The predicted octanol–water partition coefficient (Wildman–Crippen LogP) is 3.37. The van der Waals surface area contributed by atoms with E-state index in [9.17, 15) is 9.59 Å². The highest BCUT2D eigenvalue weighted by molar-refractivity contribution is 6.00. The first-order valence-electron chi connectivity index (χ1n) is 9.46. The normalized spacial score (nSPS) is 33.5. The van der Waals surface area contributed by atoms with Crippen molar-refractivity contribution in [2.75, 3.05) is 13.7 Å². The number of rotatable bonds is 4. The lowest BCUT2D eigenvalue weighted by molar-refractivity contribution is -0.162. The number of allylic oxidation sites excluding steroid dienone is 3. The minimum Gasteiger partial charge on any atom is -0.459 e. The summed E-state index contributed by atoms with van der Waals surface area (Å²) in [5.41, 5.74) is 3.95. The molecule has 0 radical (unpaired) electrons. The van der Waals surface area contributed by atoms with Crippen LogP contribution >= 0.6 is 0 Å². The molecule has 0 aromatic carbocycles. The summed E-state index contributed by atoms with van der Waals surface area (Å²) in [6, 6.07) is 0. The average molecular weight is 359 g/mol. The van der Waals surface area contributed by atoms with Gasteiger partial charge in [-0.05, 0) is 43.6 Å². The maximum Gasteiger partial charge on any atom is 0.305 e. The molecule has 2 aliphatic carbocycles. The van der Waals surface area contributed by atoms with Crippen molar-refractivity contribution in [2.24, 2.45) is 11.3 Å². The number of nitrogens with zero attached hydrogens (tertiary/aromatic N) is 1. The number of ether oxygens (including phenoxy) is 2. The first-order chi connectivity index (χ1) is 12.3. The second-order valence-corrected chi connectivity index (χ2v) is 7.70. The van der Waals surface area contributed by atoms with Crippen LogP contribution in [0.15, 0.2) is 34.6 Å². The van der Waals surface area contributed by atoms with E-state index in [4.69, 9.17) is 9.47 Å². The van der Waals surface area contributed by atoms with Crippen LogP contribution < -0.4 is 0 Å². The summed E-state index contributed by atoms with van der Waals surface area (Å²) in [5.74, 6) is -0.0340. The van der Waals surface area contributed by atoms with Gasteiger partial charge in [0.25, 0.3) is 5.91 Å². The van der Waals surface area contributed by atoms with Crippen molar-refractivity contribution in [1.29, 1.82) is 0 Å². The third kappa shape index (κ3) is 2.64. The lowest BCUT2D eigenvalue weighted by atomic mass is 9.59. The molecule has 0 aromatic heterocycles. The Kier molecular flexibility index (Phi) is 4.86. The first kappa shape index (κ1) is 18.9. The van der Waals surface area contributed by atoms with E-state index in [1.807, 2.05) is 18.7 Å². The van der Waals surface area contributed by atoms with Gasteiger partial charge in [-0.1, -0.05) is 20.8 Å². The fourth-order valence-electron chi connectivity index (χ4n) is 4.47. The zero-order chi connectivity index (χ0) is 19.2. The number of esters is 1. The maximum atomic E-state index is 12.6. The molecule has 26 heavy (non-hydrogen) atoms. The van der Waals surface area contributed by atoms with Gasteiger partial charge >= 0.3 is 5.97 Å². The van der Waals surface area contributed by atoms with Crippen LogP contribution in [-0.2, 0) is 19.1 Å². The fourth-order valence-corrected chi connectivity index (χ4v) is 4.47. The standard InChI is InChI=1S/C21H29NO4/c1-7-18(23)26-19-13(4)21(5)11-15-12(3)20(24)22(8-2)16(15)9-14(21)10-17(19)25-6/h9-10,13,17,19H,7-8,11H2,1-6H3/t13-,17+,19+,21+/m0/s1. The Morgan fingerprint density at radius 1 is 1.38 bits per heavy atom. The average Bonchev–Trinajstić information content (AvgIpc) is 2.86. The summed E-state index contributed by atoms with van der Waals surface area (Å²) < 4.78 is 11.4. The SMILES string of the molecule is CCC(=O)O[C@H]1[C@H](OC)C=C2C=C3C(=C(C)C(=O)N3CC)C[C@]2(C)[C@H]1C. The molecule has 1 aliphatic heterocycles. The van der Waals surface area contributed by atoms with Gasteiger partial charge in [-0.25, -0.2) is 0 Å². The van der Waals surface area contributed by atoms with E-state index in [-0.39, 0.29) is 35.4 Å². The summed E-state index contributed by atoms with van der Waals surface area (Å²) in [6.45, 7) is 10.7. The number of carbonyl (C=O) groups is 2. The van der Waals surface area contributed by atoms with E-state index in [1.165, 1.54) is 5.57 Å². The number of hydrogen-bond donors (Lipinski definition) is 0. The molecule has 0 unspecified atom stereocenters. The van der Waals surface area contributed by atoms with Crippen LogP contribution in [0.5, 0.6) is 0 Å². The molecule has 142 valence electrons. The Morgan fingerprint density at radius 2 is 2.08 bits per heavy atom. The van der Waals surface area contributed by atoms with E-state index in [2.05, 4.69) is 26.0 Å². The number of likely N-dealkylation sites (N-methyl/N-ethyl adjacent to an activating group) is 1. The van der Waals surface area contributed by atoms with Crippen molar-refractivity contribution < 1.29 is 19.1 Å². The molecule has 1 heterocycles. The topological polar surface area (TPSA) is 55.8 Å². The smallest absolute Gasteiger partial charge is 0.305 e. The van der Waals surface area contributed by atoms with Gasteiger partial charge in [-0.15, -0.1) is 0 Å². The second-order valence-electron chi connectivity index (χ2n) is 7.70. The lowest BCUT2D eigenvalue weighted by Gasteiger charge is -2.48. The van der Waals surface area contributed by atoms with Gasteiger partial charge in [0, 0.05) is 42.7 Å². The molecule has 0 aromatic rings. The molecule has 0 N–H and O–H groups in total. The maximum absolute atomic E-state index is 12.6. The molecule has 1 amide bonds. The highest BCUT2D eigenvalue weighted by Gasteiger charge is 2.51. The first-order valence-corrected chi connectivity index (χ1v) is 9.46. The van der Waals surface area contributed by atoms with E-state index in [0.717, 1.165) is 23.3 Å². The molecular formula is C21H29NO4. The summed E-state index contributed by atoms with van der Waals surface area (Å²) in [7, 11) is 1.65. The summed E-state index contributed by atoms with van der Waals surface area (Å²) in [5, 5.41) is 0. The fraction of sp³-hybridized carbons (Fsp3) is 0.619. The third-order valence-electron chi connectivity index (χ3n) is 6.42. The number of hydrogen-bond acceptors (Lipinski definition) is 4. The Hall–Kier alpha value is -1.88. The van der Waals surface area contributed by atoms with Crippen LogP contribution in [0.1, 0.15) is 47.5 Å². The van der Waals surface area contributed by atoms with E-state index in [1.54, 1.807) is 14.0 Å². The van der Waals surface area contributed by atoms with E-state index >= 15 is 0 Å². The highest BCUT2D eigenvalue weighted by Crippen LogP contribution is 2.54. The zero-order valence-electron chi connectivity index (χ0n) is 16.6. The van der Waals surface area contributed by atoms with Gasteiger partial charge in [0.1, 0.15) is 12.2 Å². The quantitative estimate of drug-likeness (QED) is 0.722. The lowest BCUT2D eigenvalue weighted by Crippen LogP contribution is -2.49. The van der Waals surface area contributed by atoms with Gasteiger partial charge in [-0.3, -0.25) is 9.59 Å². The van der Waals surface area contributed by atoms with Gasteiger partial charge in [0.2, 0.25) is 0 Å². The molecule has 5 heteroatoms. The van der Waals surface area contributed by atoms with Crippen LogP contribution in [0, 0.1) is 11.3 Å². The molecule has 3 aliphatic rings. The monoisotopic (exact) mass is 359 g/mol. The van der Waals surface area contributed by atoms with Crippen LogP contribution in [0.25, 0.3) is 0 Å². The molecule has 3 rings (SSSR count). The Morgan fingerprint density at radius 3 is 2.65 bits per heavy atom. The Labute approximate surface area is 155 Å². The number of fused-ring (bicyclic) bond motifs is 2. The van der Waals surface area contributed by atoms with Crippen molar-refractivity contribution in [3.05, 3.63) is 34.6 Å². The van der Waals surface area contributed by atoms with Gasteiger partial charge < -0.3 is 14.4 Å². The van der Waals surface area contributed by atoms with Crippen LogP contribution in [0.2, 0.25) is 0 Å². The molecule has 0 spiro atoms. The van der Waals surface area contributed by atoms with Crippen LogP contribution in [0.3, 0.4) is 0 Å². The Balaban J connectivity index is 2.07. The molecule has 0 saturated heterocycles. The highest BCUT2D eigenvalue weighted by atomic mass is 16.6. The van der Waals surface area contributed by atoms with Crippen molar-refractivity contribution in [2.45, 2.75) is 59.7 Å². The number of carbonyl (C=O) groups excluding carboxylic acids is 2. The van der Waals surface area contributed by atoms with Crippen LogP contribution in [0.4, 0.5) is 0 Å². The molecule has 0 fully saturated rings. The minimum atomic E-state index is -0.323. The van der Waals surface area contributed by atoms with E-state index < -0.39 is 0 Å². The summed E-state index contributed by atoms with van der Waals surface area (Å²) >= 11 is 0. The number of methoxy groups -OCH3 is 1. The predicted molar refractivity (Wildman–Crippen MR) is 99.1 cm³/mol.